The zero-order valence-electron chi connectivity index (χ0n) is 19.3. The van der Waals surface area contributed by atoms with Gasteiger partial charge >= 0.3 is 0 Å². The van der Waals surface area contributed by atoms with Gasteiger partial charge in [0, 0.05) is 6.42 Å². The van der Waals surface area contributed by atoms with Crippen molar-refractivity contribution in [3.05, 3.63) is 23.8 Å². The van der Waals surface area contributed by atoms with E-state index in [1.165, 1.54) is 37.7 Å². The van der Waals surface area contributed by atoms with Gasteiger partial charge in [0.15, 0.2) is 5.78 Å². The number of fused-ring (bicyclic) bond motifs is 5. The van der Waals surface area contributed by atoms with Crippen molar-refractivity contribution in [2.75, 3.05) is 0 Å². The Kier molecular flexibility index (Phi) is 5.64. The summed E-state index contributed by atoms with van der Waals surface area (Å²) in [7, 11) is 0. The Morgan fingerprint density at radius 1 is 1.00 bits per heavy atom. The van der Waals surface area contributed by atoms with Gasteiger partial charge < -0.3 is 5.11 Å². The molecule has 0 aromatic rings. The van der Waals surface area contributed by atoms with Gasteiger partial charge in [0.2, 0.25) is 0 Å². The highest BCUT2D eigenvalue weighted by Gasteiger charge is 2.59. The van der Waals surface area contributed by atoms with Crippen LogP contribution in [0.25, 0.3) is 0 Å². The van der Waals surface area contributed by atoms with Gasteiger partial charge in [-0.1, -0.05) is 52.3 Å². The molecular weight excluding hydrogens is 356 g/mol. The number of rotatable bonds is 4. The monoisotopic (exact) mass is 398 g/mol. The van der Waals surface area contributed by atoms with E-state index in [9.17, 15) is 9.90 Å². The molecule has 3 saturated carbocycles. The summed E-state index contributed by atoms with van der Waals surface area (Å²) in [5.74, 6) is 4.38. The van der Waals surface area contributed by atoms with Crippen molar-refractivity contribution in [2.24, 2.45) is 46.3 Å². The minimum absolute atomic E-state index is 0.281. The van der Waals surface area contributed by atoms with Crippen LogP contribution in [0.3, 0.4) is 0 Å². The van der Waals surface area contributed by atoms with E-state index >= 15 is 0 Å². The van der Waals surface area contributed by atoms with Gasteiger partial charge in [-0.05, 0) is 97.4 Å². The predicted molar refractivity (Wildman–Crippen MR) is 119 cm³/mol. The van der Waals surface area contributed by atoms with Crippen LogP contribution in [0.4, 0.5) is 0 Å². The number of allylic oxidation sites excluding steroid dienone is 2. The Morgan fingerprint density at radius 3 is 2.48 bits per heavy atom. The van der Waals surface area contributed by atoms with Crippen LogP contribution in [0.15, 0.2) is 23.8 Å². The largest absolute Gasteiger partial charge is 0.389 e. The first kappa shape index (κ1) is 21.3. The van der Waals surface area contributed by atoms with E-state index in [4.69, 9.17) is 0 Å². The minimum Gasteiger partial charge on any atom is -0.389 e. The van der Waals surface area contributed by atoms with E-state index in [0.29, 0.717) is 17.1 Å². The molecule has 29 heavy (non-hydrogen) atoms. The number of carbonyl (C=O) groups is 1. The van der Waals surface area contributed by atoms with Crippen LogP contribution in [-0.2, 0) is 4.79 Å². The molecule has 0 aromatic heterocycles. The van der Waals surface area contributed by atoms with Gasteiger partial charge in [-0.2, -0.15) is 0 Å². The number of hydrogen-bond acceptors (Lipinski definition) is 2. The summed E-state index contributed by atoms with van der Waals surface area (Å²) < 4.78 is 0. The van der Waals surface area contributed by atoms with Gasteiger partial charge in [0.05, 0.1) is 6.10 Å². The third-order valence-electron chi connectivity index (χ3n) is 9.96. The average molecular weight is 399 g/mol. The Bertz CT molecular complexity index is 703. The van der Waals surface area contributed by atoms with Crippen molar-refractivity contribution < 1.29 is 9.90 Å². The molecule has 4 aliphatic carbocycles. The highest BCUT2D eigenvalue weighted by atomic mass is 16.3. The third kappa shape index (κ3) is 3.48. The minimum atomic E-state index is -0.323. The topological polar surface area (TPSA) is 37.3 Å². The molecule has 2 nitrogen and oxygen atoms in total. The summed E-state index contributed by atoms with van der Waals surface area (Å²) in [4.78, 5) is 12.0. The first-order chi connectivity index (χ1) is 13.7. The summed E-state index contributed by atoms with van der Waals surface area (Å²) in [6.07, 6.45) is 15.7. The van der Waals surface area contributed by atoms with E-state index in [0.717, 1.165) is 42.9 Å². The van der Waals surface area contributed by atoms with Crippen molar-refractivity contribution in [3.8, 4) is 0 Å². The summed E-state index contributed by atoms with van der Waals surface area (Å²) in [5, 5.41) is 10.2. The smallest absolute Gasteiger partial charge is 0.155 e. The van der Waals surface area contributed by atoms with Crippen LogP contribution in [0.1, 0.15) is 86.0 Å². The maximum atomic E-state index is 12.0. The molecule has 8 atom stereocenters. The van der Waals surface area contributed by atoms with Crippen molar-refractivity contribution in [3.63, 3.8) is 0 Å². The standard InChI is InChI=1S/C27H42O2/c1-17(2)25(29)11-6-18(3)22-9-10-23-21-8-7-19-16-20(28)12-14-26(19,4)24(21)13-15-27(22,23)5/h6,11,16-18,21-25,29H,7-10,12-15H2,1-5H3/b11-6+/t18?,21-,22?,23?,24?,25?,26-,27+/m0/s1. The fraction of sp³-hybridized carbons (Fsp3) is 0.815. The van der Waals surface area contributed by atoms with Gasteiger partial charge in [0.1, 0.15) is 0 Å². The molecular formula is C27H42O2. The van der Waals surface area contributed by atoms with Gasteiger partial charge in [-0.3, -0.25) is 4.79 Å². The summed E-state index contributed by atoms with van der Waals surface area (Å²) in [6, 6.07) is 0. The van der Waals surface area contributed by atoms with E-state index in [1.54, 1.807) is 0 Å². The fourth-order valence-electron chi connectivity index (χ4n) is 8.11. The Labute approximate surface area is 178 Å². The van der Waals surface area contributed by atoms with E-state index in [-0.39, 0.29) is 17.4 Å². The maximum Gasteiger partial charge on any atom is 0.155 e. The van der Waals surface area contributed by atoms with Crippen LogP contribution < -0.4 is 0 Å². The number of carbonyl (C=O) groups excluding carboxylic acids is 1. The summed E-state index contributed by atoms with van der Waals surface area (Å²) in [5.41, 5.74) is 2.20. The Balaban J connectivity index is 1.53. The molecule has 0 aliphatic heterocycles. The molecule has 0 heterocycles. The number of aliphatic hydroxyl groups excluding tert-OH is 1. The highest BCUT2D eigenvalue weighted by Crippen LogP contribution is 2.67. The quantitative estimate of drug-likeness (QED) is 0.561. The molecule has 0 radical (unpaired) electrons. The highest BCUT2D eigenvalue weighted by molar-refractivity contribution is 5.91. The Hall–Kier alpha value is -0.890. The van der Waals surface area contributed by atoms with Crippen LogP contribution in [0.2, 0.25) is 0 Å². The molecule has 1 N–H and O–H groups in total. The molecule has 3 fully saturated rings. The Morgan fingerprint density at radius 2 is 1.76 bits per heavy atom. The van der Waals surface area contributed by atoms with Gasteiger partial charge in [-0.15, -0.1) is 0 Å². The van der Waals surface area contributed by atoms with E-state index in [2.05, 4.69) is 46.8 Å². The van der Waals surface area contributed by atoms with Crippen molar-refractivity contribution >= 4 is 5.78 Å². The first-order valence-corrected chi connectivity index (χ1v) is 12.3. The second kappa shape index (κ2) is 7.66. The fourth-order valence-corrected chi connectivity index (χ4v) is 8.11. The lowest BCUT2D eigenvalue weighted by atomic mass is 9.46. The molecule has 0 amide bonds. The van der Waals surface area contributed by atoms with Crippen molar-refractivity contribution in [2.45, 2.75) is 92.1 Å². The SMILES string of the molecule is CC(C)C(O)/C=C/C(C)C1CCC2[C@@H]3CCC4=CC(=O)CC[C@]4(C)C3CC[C@]12C. The lowest BCUT2D eigenvalue weighted by molar-refractivity contribution is -0.117. The molecule has 0 aromatic carbocycles. The summed E-state index contributed by atoms with van der Waals surface area (Å²) in [6.45, 7) is 11.6. The molecule has 4 rings (SSSR count). The molecule has 0 spiro atoms. The van der Waals surface area contributed by atoms with E-state index in [1.807, 2.05) is 6.08 Å². The number of ketones is 1. The van der Waals surface area contributed by atoms with Gasteiger partial charge in [0.25, 0.3) is 0 Å². The third-order valence-corrected chi connectivity index (χ3v) is 9.96. The van der Waals surface area contributed by atoms with Crippen LogP contribution in [-0.4, -0.2) is 17.0 Å². The second-order valence-corrected chi connectivity index (χ2v) is 11.7. The zero-order chi connectivity index (χ0) is 21.0. The molecule has 0 bridgehead atoms. The average Bonchev–Trinajstić information content (AvgIpc) is 3.03. The van der Waals surface area contributed by atoms with Crippen LogP contribution >= 0.6 is 0 Å². The molecule has 0 saturated heterocycles. The normalized spacial score (nSPS) is 44.2. The predicted octanol–water partition coefficient (Wildman–Crippen LogP) is 6.34. The zero-order valence-corrected chi connectivity index (χ0v) is 19.3. The van der Waals surface area contributed by atoms with Gasteiger partial charge in [-0.25, -0.2) is 0 Å². The molecule has 162 valence electrons. The lowest BCUT2D eigenvalue weighted by Crippen LogP contribution is -2.50. The molecule has 5 unspecified atom stereocenters. The van der Waals surface area contributed by atoms with E-state index < -0.39 is 0 Å². The van der Waals surface area contributed by atoms with Crippen LogP contribution in [0, 0.1) is 46.3 Å². The van der Waals surface area contributed by atoms with Crippen LogP contribution in [0.5, 0.6) is 0 Å². The molecule has 4 aliphatic rings. The van der Waals surface area contributed by atoms with Crippen molar-refractivity contribution in [1.29, 1.82) is 0 Å². The maximum absolute atomic E-state index is 12.0. The van der Waals surface area contributed by atoms with Crippen molar-refractivity contribution in [1.82, 2.24) is 0 Å². The molecule has 2 heteroatoms. The number of aliphatic hydroxyl groups is 1. The number of hydrogen-bond donors (Lipinski definition) is 1. The second-order valence-electron chi connectivity index (χ2n) is 11.7. The first-order valence-electron chi connectivity index (χ1n) is 12.3. The lowest BCUT2D eigenvalue weighted by Gasteiger charge is -2.58. The summed E-state index contributed by atoms with van der Waals surface area (Å²) >= 11 is 0.